The SMILES string of the molecule is CCc1nc(C(=O)NC(C)CCCC(=O)O)n[nH]1. The molecule has 0 radical (unpaired) electrons. The minimum Gasteiger partial charge on any atom is -0.481 e. The van der Waals surface area contributed by atoms with Crippen LogP contribution < -0.4 is 5.32 Å². The van der Waals surface area contributed by atoms with E-state index in [1.807, 2.05) is 13.8 Å². The summed E-state index contributed by atoms with van der Waals surface area (Å²) in [7, 11) is 0. The van der Waals surface area contributed by atoms with Gasteiger partial charge in [-0.3, -0.25) is 14.7 Å². The number of nitrogens with zero attached hydrogens (tertiary/aromatic N) is 2. The molecule has 1 aromatic rings. The topological polar surface area (TPSA) is 108 Å². The molecule has 0 saturated carbocycles. The minimum atomic E-state index is -0.824. The Morgan fingerprint density at radius 3 is 2.78 bits per heavy atom. The van der Waals surface area contributed by atoms with Gasteiger partial charge in [0.1, 0.15) is 5.82 Å². The average Bonchev–Trinajstić information content (AvgIpc) is 2.76. The van der Waals surface area contributed by atoms with Crippen LogP contribution in [0.3, 0.4) is 0 Å². The van der Waals surface area contributed by atoms with Gasteiger partial charge in [-0.25, -0.2) is 4.98 Å². The zero-order valence-corrected chi connectivity index (χ0v) is 10.6. The summed E-state index contributed by atoms with van der Waals surface area (Å²) in [5.41, 5.74) is 0. The number of carbonyl (C=O) groups is 2. The Morgan fingerprint density at radius 2 is 2.22 bits per heavy atom. The van der Waals surface area contributed by atoms with Gasteiger partial charge in [0.2, 0.25) is 5.82 Å². The fraction of sp³-hybridized carbons (Fsp3) is 0.636. The number of H-pyrrole nitrogens is 1. The van der Waals surface area contributed by atoms with Crippen molar-refractivity contribution in [1.82, 2.24) is 20.5 Å². The molecular weight excluding hydrogens is 236 g/mol. The van der Waals surface area contributed by atoms with Crippen LogP contribution in [0.4, 0.5) is 0 Å². The number of rotatable bonds is 7. The number of aryl methyl sites for hydroxylation is 1. The van der Waals surface area contributed by atoms with Crippen molar-refractivity contribution in [3.63, 3.8) is 0 Å². The molecule has 0 bridgehead atoms. The Kier molecular flexibility index (Phi) is 5.29. The van der Waals surface area contributed by atoms with Crippen LogP contribution in [0.2, 0.25) is 0 Å². The number of hydrogen-bond acceptors (Lipinski definition) is 4. The van der Waals surface area contributed by atoms with Gasteiger partial charge in [0.05, 0.1) is 0 Å². The molecule has 7 nitrogen and oxygen atoms in total. The molecule has 1 heterocycles. The number of carboxylic acids is 1. The number of carboxylic acid groups (broad SMARTS) is 1. The number of aromatic amines is 1. The average molecular weight is 254 g/mol. The van der Waals surface area contributed by atoms with Crippen LogP contribution in [0.15, 0.2) is 0 Å². The number of nitrogens with one attached hydrogen (secondary N) is 2. The molecule has 1 atom stereocenters. The lowest BCUT2D eigenvalue weighted by Gasteiger charge is -2.11. The smallest absolute Gasteiger partial charge is 0.303 e. The molecule has 1 aromatic heterocycles. The lowest BCUT2D eigenvalue weighted by Crippen LogP contribution is -2.33. The summed E-state index contributed by atoms with van der Waals surface area (Å²) in [4.78, 5) is 26.1. The fourth-order valence-electron chi connectivity index (χ4n) is 1.47. The molecule has 0 aliphatic rings. The summed E-state index contributed by atoms with van der Waals surface area (Å²) in [6.07, 6.45) is 1.95. The van der Waals surface area contributed by atoms with E-state index in [0.29, 0.717) is 25.1 Å². The van der Waals surface area contributed by atoms with Crippen molar-refractivity contribution in [2.24, 2.45) is 0 Å². The minimum absolute atomic E-state index is 0.0968. The normalized spacial score (nSPS) is 12.1. The molecule has 1 amide bonds. The van der Waals surface area contributed by atoms with Gasteiger partial charge in [-0.2, -0.15) is 0 Å². The maximum absolute atomic E-state index is 11.7. The third kappa shape index (κ3) is 4.52. The highest BCUT2D eigenvalue weighted by Crippen LogP contribution is 2.02. The predicted octanol–water partition coefficient (Wildman–Crippen LogP) is 0.740. The van der Waals surface area contributed by atoms with E-state index in [0.717, 1.165) is 0 Å². The van der Waals surface area contributed by atoms with Crippen LogP contribution in [-0.2, 0) is 11.2 Å². The van der Waals surface area contributed by atoms with Crippen molar-refractivity contribution in [2.75, 3.05) is 0 Å². The van der Waals surface area contributed by atoms with Crippen molar-refractivity contribution in [1.29, 1.82) is 0 Å². The van der Waals surface area contributed by atoms with Gasteiger partial charge < -0.3 is 10.4 Å². The summed E-state index contributed by atoms with van der Waals surface area (Å²) in [5, 5.41) is 17.7. The van der Waals surface area contributed by atoms with Crippen LogP contribution in [0.1, 0.15) is 49.6 Å². The second-order valence-electron chi connectivity index (χ2n) is 4.12. The van der Waals surface area contributed by atoms with Crippen molar-refractivity contribution in [2.45, 2.75) is 45.6 Å². The van der Waals surface area contributed by atoms with Gasteiger partial charge >= 0.3 is 5.97 Å². The van der Waals surface area contributed by atoms with E-state index in [-0.39, 0.29) is 24.2 Å². The molecule has 18 heavy (non-hydrogen) atoms. The zero-order chi connectivity index (χ0) is 13.5. The number of amides is 1. The first-order chi connectivity index (χ1) is 8.52. The third-order valence-electron chi connectivity index (χ3n) is 2.47. The standard InChI is InChI=1S/C11H18N4O3/c1-3-8-13-10(15-14-8)11(18)12-7(2)5-4-6-9(16)17/h7H,3-6H2,1-2H3,(H,12,18)(H,16,17)(H,13,14,15). The molecule has 0 saturated heterocycles. The number of hydrogen-bond donors (Lipinski definition) is 3. The largest absolute Gasteiger partial charge is 0.481 e. The number of carbonyl (C=O) groups excluding carboxylic acids is 1. The first kappa shape index (κ1) is 14.1. The predicted molar refractivity (Wildman–Crippen MR) is 64.2 cm³/mol. The molecule has 3 N–H and O–H groups in total. The van der Waals surface area contributed by atoms with E-state index >= 15 is 0 Å². The van der Waals surface area contributed by atoms with Crippen LogP contribution in [0.5, 0.6) is 0 Å². The Balaban J connectivity index is 2.37. The molecule has 0 aliphatic heterocycles. The molecule has 7 heteroatoms. The van der Waals surface area contributed by atoms with E-state index < -0.39 is 5.97 Å². The van der Waals surface area contributed by atoms with E-state index in [2.05, 4.69) is 20.5 Å². The van der Waals surface area contributed by atoms with Crippen LogP contribution in [0.25, 0.3) is 0 Å². The van der Waals surface area contributed by atoms with Crippen molar-refractivity contribution >= 4 is 11.9 Å². The molecule has 100 valence electrons. The molecule has 0 aliphatic carbocycles. The lowest BCUT2D eigenvalue weighted by atomic mass is 10.1. The van der Waals surface area contributed by atoms with Crippen LogP contribution >= 0.6 is 0 Å². The monoisotopic (exact) mass is 254 g/mol. The maximum Gasteiger partial charge on any atom is 0.303 e. The molecule has 0 fully saturated rings. The van der Waals surface area contributed by atoms with E-state index in [4.69, 9.17) is 5.11 Å². The first-order valence-electron chi connectivity index (χ1n) is 5.96. The highest BCUT2D eigenvalue weighted by Gasteiger charge is 2.14. The zero-order valence-electron chi connectivity index (χ0n) is 10.6. The summed E-state index contributed by atoms with van der Waals surface area (Å²) < 4.78 is 0. The molecule has 1 rings (SSSR count). The summed E-state index contributed by atoms with van der Waals surface area (Å²) in [6.45, 7) is 3.74. The van der Waals surface area contributed by atoms with Crippen LogP contribution in [0, 0.1) is 0 Å². The fourth-order valence-corrected chi connectivity index (χ4v) is 1.47. The summed E-state index contributed by atoms with van der Waals surface area (Å²) in [5.74, 6) is -0.375. The van der Waals surface area contributed by atoms with Gasteiger partial charge in [-0.05, 0) is 19.8 Å². The summed E-state index contributed by atoms with van der Waals surface area (Å²) in [6, 6.07) is -0.0968. The van der Waals surface area contributed by atoms with Crippen molar-refractivity contribution in [3.8, 4) is 0 Å². The summed E-state index contributed by atoms with van der Waals surface area (Å²) >= 11 is 0. The second kappa shape index (κ2) is 6.73. The van der Waals surface area contributed by atoms with Crippen molar-refractivity contribution in [3.05, 3.63) is 11.6 Å². The van der Waals surface area contributed by atoms with Gasteiger partial charge in [0.15, 0.2) is 0 Å². The van der Waals surface area contributed by atoms with Gasteiger partial charge in [-0.1, -0.05) is 6.92 Å². The number of aliphatic carboxylic acids is 1. The Bertz CT molecular complexity index is 416. The quantitative estimate of drug-likeness (QED) is 0.665. The Hall–Kier alpha value is -1.92. The van der Waals surface area contributed by atoms with E-state index in [1.165, 1.54) is 0 Å². The molecular formula is C11H18N4O3. The maximum atomic E-state index is 11.7. The van der Waals surface area contributed by atoms with Gasteiger partial charge in [-0.15, -0.1) is 5.10 Å². The highest BCUT2D eigenvalue weighted by atomic mass is 16.4. The number of aromatic nitrogens is 3. The lowest BCUT2D eigenvalue weighted by molar-refractivity contribution is -0.137. The Morgan fingerprint density at radius 1 is 1.50 bits per heavy atom. The molecule has 0 aromatic carbocycles. The second-order valence-corrected chi connectivity index (χ2v) is 4.12. The van der Waals surface area contributed by atoms with E-state index in [9.17, 15) is 9.59 Å². The van der Waals surface area contributed by atoms with Gasteiger partial charge in [0, 0.05) is 18.9 Å². The van der Waals surface area contributed by atoms with Crippen LogP contribution in [-0.4, -0.2) is 38.2 Å². The van der Waals surface area contributed by atoms with E-state index in [1.54, 1.807) is 0 Å². The van der Waals surface area contributed by atoms with Crippen molar-refractivity contribution < 1.29 is 14.7 Å². The Labute approximate surface area is 105 Å². The highest BCUT2D eigenvalue weighted by molar-refractivity contribution is 5.90. The first-order valence-corrected chi connectivity index (χ1v) is 5.96. The molecule has 1 unspecified atom stereocenters. The third-order valence-corrected chi connectivity index (χ3v) is 2.47. The molecule has 0 spiro atoms. The van der Waals surface area contributed by atoms with Gasteiger partial charge in [0.25, 0.3) is 5.91 Å².